The topological polar surface area (TPSA) is 75.7 Å². The second-order valence-electron chi connectivity index (χ2n) is 5.84. The molecule has 0 saturated carbocycles. The van der Waals surface area contributed by atoms with Crippen molar-refractivity contribution in [3.63, 3.8) is 0 Å². The largest absolute Gasteiger partial charge is 0.478 e. The second kappa shape index (κ2) is 7.34. The highest BCUT2D eigenvalue weighted by atomic mass is 35.5. The fourth-order valence-electron chi connectivity index (χ4n) is 2.64. The summed E-state index contributed by atoms with van der Waals surface area (Å²) in [5.41, 5.74) is 0.894. The van der Waals surface area contributed by atoms with Gasteiger partial charge in [-0.25, -0.2) is 8.42 Å². The van der Waals surface area contributed by atoms with Gasteiger partial charge in [0.25, 0.3) is 5.91 Å². The first-order valence-electron chi connectivity index (χ1n) is 7.74. The van der Waals surface area contributed by atoms with E-state index in [1.165, 1.54) is 10.4 Å². The lowest BCUT2D eigenvalue weighted by molar-refractivity contribution is -0.122. The number of carbonyl (C=O) groups excluding carboxylic acids is 1. The standard InChI is InChI=1S/C17H16Cl2N2O4S/c1-26(23,24)21-9-8-16(25-15-7-4-12(19)10-14(15)21)17(22)20-13-5-2-11(18)3-6-13/h2-7,10,16H,8-9H2,1H3,(H,20,22)/t16-/m1/s1. The van der Waals surface area contributed by atoms with E-state index in [1.54, 1.807) is 36.4 Å². The van der Waals surface area contributed by atoms with Crippen LogP contribution >= 0.6 is 23.2 Å². The number of amides is 1. The summed E-state index contributed by atoms with van der Waals surface area (Å²) in [5, 5.41) is 3.68. The van der Waals surface area contributed by atoms with Gasteiger partial charge >= 0.3 is 0 Å². The van der Waals surface area contributed by atoms with Crippen molar-refractivity contribution in [1.82, 2.24) is 0 Å². The van der Waals surface area contributed by atoms with Crippen molar-refractivity contribution in [2.45, 2.75) is 12.5 Å². The molecular formula is C17H16Cl2N2O4S. The molecule has 0 fully saturated rings. The van der Waals surface area contributed by atoms with Gasteiger partial charge in [-0.1, -0.05) is 23.2 Å². The monoisotopic (exact) mass is 414 g/mol. The first-order valence-corrected chi connectivity index (χ1v) is 10.3. The van der Waals surface area contributed by atoms with E-state index < -0.39 is 16.1 Å². The Bertz CT molecular complexity index is 932. The SMILES string of the molecule is CS(=O)(=O)N1CC[C@H](C(=O)Nc2ccc(Cl)cc2)Oc2ccc(Cl)cc21. The minimum atomic E-state index is -3.54. The molecule has 1 heterocycles. The molecule has 1 aliphatic rings. The summed E-state index contributed by atoms with van der Waals surface area (Å²) in [6, 6.07) is 11.3. The number of nitrogens with zero attached hydrogens (tertiary/aromatic N) is 1. The van der Waals surface area contributed by atoms with Gasteiger partial charge in [0.15, 0.2) is 6.10 Å². The number of hydrogen-bond acceptors (Lipinski definition) is 4. The maximum absolute atomic E-state index is 12.6. The quantitative estimate of drug-likeness (QED) is 0.832. The number of anilines is 2. The van der Waals surface area contributed by atoms with Crippen LogP contribution in [0.3, 0.4) is 0 Å². The van der Waals surface area contributed by atoms with E-state index in [0.29, 0.717) is 21.4 Å². The average molecular weight is 415 g/mol. The zero-order chi connectivity index (χ0) is 18.9. The van der Waals surface area contributed by atoms with Gasteiger partial charge in [-0.15, -0.1) is 0 Å². The normalized spacial score (nSPS) is 17.0. The molecule has 0 unspecified atom stereocenters. The van der Waals surface area contributed by atoms with Crippen LogP contribution < -0.4 is 14.4 Å². The maximum atomic E-state index is 12.6. The summed E-state index contributed by atoms with van der Waals surface area (Å²) < 4.78 is 31.2. The van der Waals surface area contributed by atoms with E-state index in [0.717, 1.165) is 6.26 Å². The number of ether oxygens (including phenoxy) is 1. The van der Waals surface area contributed by atoms with Crippen LogP contribution in [0.4, 0.5) is 11.4 Å². The van der Waals surface area contributed by atoms with Gasteiger partial charge in [0, 0.05) is 28.7 Å². The predicted octanol–water partition coefficient (Wildman–Crippen LogP) is 3.55. The first-order chi connectivity index (χ1) is 12.2. The Balaban J connectivity index is 1.86. The number of hydrogen-bond donors (Lipinski definition) is 1. The Morgan fingerprint density at radius 1 is 1.15 bits per heavy atom. The summed E-state index contributed by atoms with van der Waals surface area (Å²) in [6.45, 7) is 0.102. The fraction of sp³-hybridized carbons (Fsp3) is 0.235. The van der Waals surface area contributed by atoms with Gasteiger partial charge in [-0.3, -0.25) is 9.10 Å². The van der Waals surface area contributed by atoms with E-state index in [1.807, 2.05) is 0 Å². The third-order valence-electron chi connectivity index (χ3n) is 3.86. The van der Waals surface area contributed by atoms with Gasteiger partial charge in [0.05, 0.1) is 11.9 Å². The third-order valence-corrected chi connectivity index (χ3v) is 5.52. The molecule has 1 N–H and O–H groups in total. The highest BCUT2D eigenvalue weighted by Crippen LogP contribution is 2.36. The highest BCUT2D eigenvalue weighted by molar-refractivity contribution is 7.92. The zero-order valence-electron chi connectivity index (χ0n) is 13.8. The number of benzene rings is 2. The molecule has 138 valence electrons. The van der Waals surface area contributed by atoms with Crippen molar-refractivity contribution in [3.05, 3.63) is 52.5 Å². The molecule has 26 heavy (non-hydrogen) atoms. The Hall–Kier alpha value is -1.96. The Morgan fingerprint density at radius 2 is 1.81 bits per heavy atom. The Kier molecular flexibility index (Phi) is 5.32. The average Bonchev–Trinajstić information content (AvgIpc) is 2.76. The van der Waals surface area contributed by atoms with Crippen molar-refractivity contribution in [2.75, 3.05) is 22.4 Å². The molecule has 1 amide bonds. The van der Waals surface area contributed by atoms with E-state index in [4.69, 9.17) is 27.9 Å². The van der Waals surface area contributed by atoms with Crippen molar-refractivity contribution >= 4 is 50.5 Å². The number of fused-ring (bicyclic) bond motifs is 1. The van der Waals surface area contributed by atoms with Gasteiger partial charge in [0.2, 0.25) is 10.0 Å². The number of nitrogens with one attached hydrogen (secondary N) is 1. The molecule has 0 aromatic heterocycles. The molecule has 1 aliphatic heterocycles. The van der Waals surface area contributed by atoms with Crippen molar-refractivity contribution in [2.24, 2.45) is 0 Å². The smallest absolute Gasteiger partial charge is 0.265 e. The molecule has 6 nitrogen and oxygen atoms in total. The van der Waals surface area contributed by atoms with Crippen LogP contribution in [-0.4, -0.2) is 33.2 Å². The molecule has 0 spiro atoms. The molecule has 2 aromatic rings. The van der Waals surface area contributed by atoms with Crippen molar-refractivity contribution in [3.8, 4) is 5.75 Å². The van der Waals surface area contributed by atoms with Gasteiger partial charge in [0.1, 0.15) is 5.75 Å². The number of halogens is 2. The Labute approximate surface area is 161 Å². The number of rotatable bonds is 3. The minimum Gasteiger partial charge on any atom is -0.478 e. The van der Waals surface area contributed by atoms with Crippen LogP contribution in [-0.2, 0) is 14.8 Å². The molecule has 0 radical (unpaired) electrons. The van der Waals surface area contributed by atoms with Crippen LogP contribution in [0.25, 0.3) is 0 Å². The molecule has 9 heteroatoms. The van der Waals surface area contributed by atoms with Gasteiger partial charge in [-0.2, -0.15) is 0 Å². The first kappa shape index (κ1) is 18.8. The fourth-order valence-corrected chi connectivity index (χ4v) is 3.87. The zero-order valence-corrected chi connectivity index (χ0v) is 16.1. The van der Waals surface area contributed by atoms with Crippen LogP contribution in [0.2, 0.25) is 10.0 Å². The molecule has 0 aliphatic carbocycles. The second-order valence-corrected chi connectivity index (χ2v) is 8.62. The lowest BCUT2D eigenvalue weighted by atomic mass is 10.2. The molecule has 2 aromatic carbocycles. The van der Waals surface area contributed by atoms with Crippen LogP contribution in [0.1, 0.15) is 6.42 Å². The molecular weight excluding hydrogens is 399 g/mol. The third kappa shape index (κ3) is 4.23. The van der Waals surface area contributed by atoms with E-state index in [-0.39, 0.29) is 24.6 Å². The van der Waals surface area contributed by atoms with Crippen LogP contribution in [0, 0.1) is 0 Å². The maximum Gasteiger partial charge on any atom is 0.265 e. The lowest BCUT2D eigenvalue weighted by Gasteiger charge is -2.21. The van der Waals surface area contributed by atoms with Gasteiger partial charge in [-0.05, 0) is 42.5 Å². The Morgan fingerprint density at radius 3 is 2.46 bits per heavy atom. The summed E-state index contributed by atoms with van der Waals surface area (Å²) in [6.07, 6.45) is 0.447. The minimum absolute atomic E-state index is 0.102. The highest BCUT2D eigenvalue weighted by Gasteiger charge is 2.31. The number of sulfonamides is 1. The van der Waals surface area contributed by atoms with E-state index in [2.05, 4.69) is 5.32 Å². The summed E-state index contributed by atoms with van der Waals surface area (Å²) >= 11 is 11.8. The van der Waals surface area contributed by atoms with Gasteiger partial charge < -0.3 is 10.1 Å². The van der Waals surface area contributed by atoms with Crippen molar-refractivity contribution in [1.29, 1.82) is 0 Å². The molecule has 3 rings (SSSR count). The summed E-state index contributed by atoms with van der Waals surface area (Å²) in [4.78, 5) is 12.6. The van der Waals surface area contributed by atoms with E-state index in [9.17, 15) is 13.2 Å². The number of carbonyl (C=O) groups is 1. The van der Waals surface area contributed by atoms with Crippen LogP contribution in [0.15, 0.2) is 42.5 Å². The summed E-state index contributed by atoms with van der Waals surface area (Å²) in [7, 11) is -3.54. The molecule has 0 bridgehead atoms. The van der Waals surface area contributed by atoms with Crippen molar-refractivity contribution < 1.29 is 17.9 Å². The summed E-state index contributed by atoms with van der Waals surface area (Å²) in [5.74, 6) is -0.0860. The predicted molar refractivity (Wildman–Crippen MR) is 103 cm³/mol. The molecule has 1 atom stereocenters. The van der Waals surface area contributed by atoms with Crippen LogP contribution in [0.5, 0.6) is 5.75 Å². The lowest BCUT2D eigenvalue weighted by Crippen LogP contribution is -2.35. The molecule has 0 saturated heterocycles. The van der Waals surface area contributed by atoms with E-state index >= 15 is 0 Å².